The van der Waals surface area contributed by atoms with Gasteiger partial charge in [0.05, 0.1) is 0 Å². The van der Waals surface area contributed by atoms with E-state index in [1.807, 2.05) is 0 Å². The van der Waals surface area contributed by atoms with E-state index in [-0.39, 0.29) is 30.6 Å². The maximum absolute atomic E-state index is 12.2. The lowest BCUT2D eigenvalue weighted by molar-refractivity contribution is 0.153. The van der Waals surface area contributed by atoms with Crippen molar-refractivity contribution < 1.29 is 9.90 Å². The molecule has 1 heterocycles. The number of aliphatic hydroxyl groups is 1. The highest BCUT2D eigenvalue weighted by Crippen LogP contribution is 2.33. The topological polar surface area (TPSA) is 64.6 Å². The number of nitrogens with zero attached hydrogens (tertiary/aromatic N) is 1. The van der Waals surface area contributed by atoms with Crippen LogP contribution in [0, 0.1) is 5.92 Å². The largest absolute Gasteiger partial charge is 0.396 e. The predicted octanol–water partition coefficient (Wildman–Crippen LogP) is 1.46. The Morgan fingerprint density at radius 1 is 1.19 bits per heavy atom. The molecule has 0 spiro atoms. The third-order valence-electron chi connectivity index (χ3n) is 5.43. The van der Waals surface area contributed by atoms with E-state index in [4.69, 9.17) is 0 Å². The lowest BCUT2D eigenvalue weighted by Gasteiger charge is -2.31. The van der Waals surface area contributed by atoms with E-state index in [1.54, 1.807) is 0 Å². The van der Waals surface area contributed by atoms with E-state index in [2.05, 4.69) is 22.5 Å². The van der Waals surface area contributed by atoms with Crippen LogP contribution in [0.5, 0.6) is 0 Å². The van der Waals surface area contributed by atoms with Crippen molar-refractivity contribution >= 4 is 6.03 Å². The quantitative estimate of drug-likeness (QED) is 0.736. The Hall–Kier alpha value is -0.810. The zero-order valence-electron chi connectivity index (χ0n) is 13.1. The molecule has 4 unspecified atom stereocenters. The summed E-state index contributed by atoms with van der Waals surface area (Å²) in [6.07, 6.45) is 8.04. The van der Waals surface area contributed by atoms with Crippen molar-refractivity contribution in [3.05, 3.63) is 0 Å². The summed E-state index contributed by atoms with van der Waals surface area (Å²) in [4.78, 5) is 14.7. The third kappa shape index (κ3) is 3.69. The van der Waals surface area contributed by atoms with Crippen molar-refractivity contribution in [2.24, 2.45) is 5.92 Å². The molecule has 120 valence electrons. The summed E-state index contributed by atoms with van der Waals surface area (Å²) in [7, 11) is 0. The van der Waals surface area contributed by atoms with Crippen molar-refractivity contribution in [3.63, 3.8) is 0 Å². The highest BCUT2D eigenvalue weighted by molar-refractivity contribution is 5.74. The average Bonchev–Trinajstić information content (AvgIpc) is 3.24. The molecule has 4 atom stereocenters. The zero-order valence-corrected chi connectivity index (χ0v) is 13.1. The molecule has 0 aromatic rings. The number of rotatable bonds is 4. The molecule has 3 rings (SSSR count). The Bertz CT molecular complexity index is 373. The molecule has 0 bridgehead atoms. The number of likely N-dealkylation sites (tertiary alicyclic amines) is 1. The Kier molecular flexibility index (Phi) is 4.69. The van der Waals surface area contributed by atoms with Crippen LogP contribution in [0.3, 0.4) is 0 Å². The van der Waals surface area contributed by atoms with Crippen molar-refractivity contribution in [2.45, 2.75) is 76.0 Å². The number of nitrogens with one attached hydrogen (secondary N) is 2. The first-order valence-corrected chi connectivity index (χ1v) is 8.61. The van der Waals surface area contributed by atoms with Gasteiger partial charge in [0.25, 0.3) is 0 Å². The smallest absolute Gasteiger partial charge is 0.315 e. The molecule has 3 N–H and O–H groups in total. The van der Waals surface area contributed by atoms with Gasteiger partial charge < -0.3 is 15.7 Å². The summed E-state index contributed by atoms with van der Waals surface area (Å²) in [6.45, 7) is 3.44. The second kappa shape index (κ2) is 6.53. The van der Waals surface area contributed by atoms with Gasteiger partial charge >= 0.3 is 6.03 Å². The number of hydrogen-bond donors (Lipinski definition) is 3. The highest BCUT2D eigenvalue weighted by atomic mass is 16.3. The maximum atomic E-state index is 12.2. The van der Waals surface area contributed by atoms with E-state index in [0.717, 1.165) is 38.3 Å². The first kappa shape index (κ1) is 15.1. The Morgan fingerprint density at radius 3 is 2.67 bits per heavy atom. The number of hydrogen-bond acceptors (Lipinski definition) is 3. The Labute approximate surface area is 127 Å². The Balaban J connectivity index is 1.45. The van der Waals surface area contributed by atoms with Gasteiger partial charge in [-0.1, -0.05) is 12.8 Å². The lowest BCUT2D eigenvalue weighted by Crippen LogP contribution is -2.50. The summed E-state index contributed by atoms with van der Waals surface area (Å²) in [5.74, 6) is 0.231. The van der Waals surface area contributed by atoms with Crippen molar-refractivity contribution in [1.82, 2.24) is 15.5 Å². The second-order valence-electron chi connectivity index (χ2n) is 7.16. The van der Waals surface area contributed by atoms with Gasteiger partial charge in [0, 0.05) is 43.2 Å². The molecule has 5 nitrogen and oxygen atoms in total. The minimum atomic E-state index is -0.0461. The standard InChI is InChI=1S/C16H29N3O2/c1-11-8-13(9-19(11)14-6-7-14)17-16(21)18-15-5-3-2-4-12(15)10-20/h11-15,20H,2-10H2,1H3,(H2,17,18,21). The van der Waals surface area contributed by atoms with Gasteiger partial charge in [-0.2, -0.15) is 0 Å². The van der Waals surface area contributed by atoms with Crippen LogP contribution in [0.4, 0.5) is 4.79 Å². The molecule has 1 saturated heterocycles. The molecule has 21 heavy (non-hydrogen) atoms. The maximum Gasteiger partial charge on any atom is 0.315 e. The molecule has 2 amide bonds. The van der Waals surface area contributed by atoms with E-state index < -0.39 is 0 Å². The van der Waals surface area contributed by atoms with Crippen LogP contribution in [0.25, 0.3) is 0 Å². The first-order valence-electron chi connectivity index (χ1n) is 8.61. The van der Waals surface area contributed by atoms with E-state index >= 15 is 0 Å². The molecular weight excluding hydrogens is 266 g/mol. The molecule has 2 aliphatic carbocycles. The number of urea groups is 1. The van der Waals surface area contributed by atoms with Crippen LogP contribution in [0.1, 0.15) is 51.9 Å². The van der Waals surface area contributed by atoms with Crippen LogP contribution in [0.15, 0.2) is 0 Å². The monoisotopic (exact) mass is 295 g/mol. The molecule has 0 aromatic heterocycles. The number of aliphatic hydroxyl groups excluding tert-OH is 1. The molecule has 2 saturated carbocycles. The highest BCUT2D eigenvalue weighted by Gasteiger charge is 2.39. The van der Waals surface area contributed by atoms with Gasteiger partial charge in [0.15, 0.2) is 0 Å². The van der Waals surface area contributed by atoms with Crippen LogP contribution in [0.2, 0.25) is 0 Å². The molecule has 0 aromatic carbocycles. The Morgan fingerprint density at radius 2 is 1.95 bits per heavy atom. The fourth-order valence-electron chi connectivity index (χ4n) is 4.09. The molecule has 1 aliphatic heterocycles. The van der Waals surface area contributed by atoms with E-state index in [0.29, 0.717) is 6.04 Å². The average molecular weight is 295 g/mol. The third-order valence-corrected chi connectivity index (χ3v) is 5.43. The molecule has 0 radical (unpaired) electrons. The van der Waals surface area contributed by atoms with Gasteiger partial charge in [-0.15, -0.1) is 0 Å². The van der Waals surface area contributed by atoms with Crippen LogP contribution < -0.4 is 10.6 Å². The van der Waals surface area contributed by atoms with Crippen LogP contribution in [-0.2, 0) is 0 Å². The number of carbonyl (C=O) groups is 1. The summed E-state index contributed by atoms with van der Waals surface area (Å²) < 4.78 is 0. The minimum absolute atomic E-state index is 0.0461. The molecule has 3 fully saturated rings. The second-order valence-corrected chi connectivity index (χ2v) is 7.16. The summed E-state index contributed by atoms with van der Waals surface area (Å²) in [5.41, 5.74) is 0. The van der Waals surface area contributed by atoms with Crippen molar-refractivity contribution in [2.75, 3.05) is 13.2 Å². The van der Waals surface area contributed by atoms with E-state index in [1.165, 1.54) is 19.3 Å². The minimum Gasteiger partial charge on any atom is -0.396 e. The fourth-order valence-corrected chi connectivity index (χ4v) is 4.09. The fraction of sp³-hybridized carbons (Fsp3) is 0.938. The summed E-state index contributed by atoms with van der Waals surface area (Å²) in [6, 6.07) is 1.73. The van der Waals surface area contributed by atoms with Crippen LogP contribution >= 0.6 is 0 Å². The number of carbonyl (C=O) groups excluding carboxylic acids is 1. The summed E-state index contributed by atoms with van der Waals surface area (Å²) >= 11 is 0. The SMILES string of the molecule is CC1CC(NC(=O)NC2CCCCC2CO)CN1C1CC1. The van der Waals surface area contributed by atoms with Crippen LogP contribution in [-0.4, -0.2) is 53.4 Å². The predicted molar refractivity (Wildman–Crippen MR) is 82.1 cm³/mol. The molecule has 5 heteroatoms. The molecular formula is C16H29N3O2. The van der Waals surface area contributed by atoms with E-state index in [9.17, 15) is 9.90 Å². The van der Waals surface area contributed by atoms with Gasteiger partial charge in [-0.05, 0) is 39.0 Å². The van der Waals surface area contributed by atoms with Gasteiger partial charge in [0.1, 0.15) is 0 Å². The number of amides is 2. The lowest BCUT2D eigenvalue weighted by atomic mass is 9.85. The van der Waals surface area contributed by atoms with Gasteiger partial charge in [-0.25, -0.2) is 4.79 Å². The first-order chi connectivity index (χ1) is 10.2. The zero-order chi connectivity index (χ0) is 14.8. The molecule has 3 aliphatic rings. The normalized spacial score (nSPS) is 37.4. The van der Waals surface area contributed by atoms with Gasteiger partial charge in [-0.3, -0.25) is 4.90 Å². The summed E-state index contributed by atoms with van der Waals surface area (Å²) in [5, 5.41) is 15.7. The van der Waals surface area contributed by atoms with Crippen molar-refractivity contribution in [1.29, 1.82) is 0 Å². The van der Waals surface area contributed by atoms with Gasteiger partial charge in [0.2, 0.25) is 0 Å². The van der Waals surface area contributed by atoms with Crippen molar-refractivity contribution in [3.8, 4) is 0 Å².